The van der Waals surface area contributed by atoms with Crippen molar-refractivity contribution in [3.63, 3.8) is 0 Å². The molecular formula is C14H15NO4. The number of benzene rings is 1. The number of carboxylic acid groups (broad SMARTS) is 1. The lowest BCUT2D eigenvalue weighted by Crippen LogP contribution is -2.19. The number of carbonyl (C=O) groups is 1. The molecule has 1 aromatic carbocycles. The molecule has 0 radical (unpaired) electrons. The highest BCUT2D eigenvalue weighted by molar-refractivity contribution is 5.71. The van der Waals surface area contributed by atoms with Crippen LogP contribution in [0.15, 0.2) is 34.9 Å². The Balaban J connectivity index is 2.03. The minimum Gasteiger partial charge on any atom is -0.479 e. The van der Waals surface area contributed by atoms with Gasteiger partial charge < -0.3 is 14.4 Å². The van der Waals surface area contributed by atoms with E-state index in [0.717, 1.165) is 5.56 Å². The SMILES string of the molecule is Cc1ccc(-c2cc(CO[C@@H](C)C(=O)O)on2)cc1. The number of carboxylic acids is 1. The molecule has 1 atom stereocenters. The Hall–Kier alpha value is -2.14. The van der Waals surface area contributed by atoms with Gasteiger partial charge in [0.15, 0.2) is 11.9 Å². The van der Waals surface area contributed by atoms with E-state index in [1.54, 1.807) is 6.07 Å². The van der Waals surface area contributed by atoms with Crippen LogP contribution in [-0.4, -0.2) is 22.3 Å². The highest BCUT2D eigenvalue weighted by atomic mass is 16.5. The van der Waals surface area contributed by atoms with E-state index in [0.29, 0.717) is 11.5 Å². The van der Waals surface area contributed by atoms with Crippen LogP contribution in [0.4, 0.5) is 0 Å². The molecule has 1 N–H and O–H groups in total. The number of aryl methyl sites for hydroxylation is 1. The fourth-order valence-corrected chi connectivity index (χ4v) is 1.52. The van der Waals surface area contributed by atoms with Gasteiger partial charge in [0.25, 0.3) is 0 Å². The second kappa shape index (κ2) is 5.67. The number of hydrogen-bond acceptors (Lipinski definition) is 4. The zero-order valence-corrected chi connectivity index (χ0v) is 10.8. The quantitative estimate of drug-likeness (QED) is 0.895. The van der Waals surface area contributed by atoms with Crippen molar-refractivity contribution in [2.45, 2.75) is 26.6 Å². The summed E-state index contributed by atoms with van der Waals surface area (Å²) in [5.41, 5.74) is 2.83. The van der Waals surface area contributed by atoms with Crippen LogP contribution in [0.3, 0.4) is 0 Å². The highest BCUT2D eigenvalue weighted by Crippen LogP contribution is 2.20. The minimum atomic E-state index is -1.00. The molecule has 100 valence electrons. The zero-order valence-electron chi connectivity index (χ0n) is 10.8. The molecule has 5 heteroatoms. The van der Waals surface area contributed by atoms with Gasteiger partial charge >= 0.3 is 5.97 Å². The molecule has 19 heavy (non-hydrogen) atoms. The number of ether oxygens (including phenoxy) is 1. The van der Waals surface area contributed by atoms with E-state index in [9.17, 15) is 4.79 Å². The average Bonchev–Trinajstić information content (AvgIpc) is 2.85. The largest absolute Gasteiger partial charge is 0.479 e. The molecular weight excluding hydrogens is 246 g/mol. The molecule has 1 aromatic heterocycles. The van der Waals surface area contributed by atoms with Gasteiger partial charge in [-0.25, -0.2) is 4.79 Å². The van der Waals surface area contributed by atoms with E-state index in [2.05, 4.69) is 5.16 Å². The second-order valence-electron chi connectivity index (χ2n) is 4.34. The van der Waals surface area contributed by atoms with Crippen molar-refractivity contribution in [2.24, 2.45) is 0 Å². The van der Waals surface area contributed by atoms with Crippen LogP contribution >= 0.6 is 0 Å². The summed E-state index contributed by atoms with van der Waals surface area (Å²) in [6.45, 7) is 3.57. The molecule has 2 aromatic rings. The van der Waals surface area contributed by atoms with E-state index >= 15 is 0 Å². The van der Waals surface area contributed by atoms with Crippen LogP contribution in [0.1, 0.15) is 18.2 Å². The standard InChI is InChI=1S/C14H15NO4/c1-9-3-5-11(6-4-9)13-7-12(19-15-13)8-18-10(2)14(16)17/h3-7,10H,8H2,1-2H3,(H,16,17)/t10-/m0/s1. The second-order valence-corrected chi connectivity index (χ2v) is 4.34. The molecule has 0 bridgehead atoms. The van der Waals surface area contributed by atoms with Crippen molar-refractivity contribution in [3.05, 3.63) is 41.7 Å². The third-order valence-electron chi connectivity index (χ3n) is 2.73. The molecule has 0 amide bonds. The highest BCUT2D eigenvalue weighted by Gasteiger charge is 2.13. The first-order chi connectivity index (χ1) is 9.06. The summed E-state index contributed by atoms with van der Waals surface area (Å²) >= 11 is 0. The smallest absolute Gasteiger partial charge is 0.332 e. The van der Waals surface area contributed by atoms with Crippen LogP contribution in [0.5, 0.6) is 0 Å². The van der Waals surface area contributed by atoms with E-state index in [-0.39, 0.29) is 6.61 Å². The molecule has 0 aliphatic heterocycles. The summed E-state index contributed by atoms with van der Waals surface area (Å²) in [6, 6.07) is 9.65. The van der Waals surface area contributed by atoms with E-state index in [1.807, 2.05) is 31.2 Å². The monoisotopic (exact) mass is 261 g/mol. The first kappa shape index (κ1) is 13.3. The number of aromatic nitrogens is 1. The van der Waals surface area contributed by atoms with Crippen molar-refractivity contribution in [2.75, 3.05) is 0 Å². The Morgan fingerprint density at radius 1 is 1.42 bits per heavy atom. The molecule has 1 heterocycles. The van der Waals surface area contributed by atoms with Crippen molar-refractivity contribution >= 4 is 5.97 Å². The molecule has 0 unspecified atom stereocenters. The lowest BCUT2D eigenvalue weighted by molar-refractivity contribution is -0.150. The van der Waals surface area contributed by atoms with Gasteiger partial charge in [0.2, 0.25) is 0 Å². The molecule has 0 saturated heterocycles. The molecule has 5 nitrogen and oxygen atoms in total. The van der Waals surface area contributed by atoms with Crippen LogP contribution in [0.25, 0.3) is 11.3 Å². The first-order valence-electron chi connectivity index (χ1n) is 5.93. The lowest BCUT2D eigenvalue weighted by atomic mass is 10.1. The number of hydrogen-bond donors (Lipinski definition) is 1. The Labute approximate surface area is 110 Å². The van der Waals surface area contributed by atoms with E-state index < -0.39 is 12.1 Å². The Morgan fingerprint density at radius 3 is 2.74 bits per heavy atom. The van der Waals surface area contributed by atoms with E-state index in [4.69, 9.17) is 14.4 Å². The number of rotatable bonds is 5. The van der Waals surface area contributed by atoms with Crippen molar-refractivity contribution in [3.8, 4) is 11.3 Å². The summed E-state index contributed by atoms with van der Waals surface area (Å²) in [5, 5.41) is 12.6. The van der Waals surface area contributed by atoms with Crippen molar-refractivity contribution in [1.82, 2.24) is 5.16 Å². The summed E-state index contributed by atoms with van der Waals surface area (Å²) < 4.78 is 10.2. The lowest BCUT2D eigenvalue weighted by Gasteiger charge is -2.04. The normalized spacial score (nSPS) is 12.3. The van der Waals surface area contributed by atoms with Gasteiger partial charge in [-0.15, -0.1) is 0 Å². The number of aliphatic carboxylic acids is 1. The van der Waals surface area contributed by atoms with Crippen LogP contribution < -0.4 is 0 Å². The summed E-state index contributed by atoms with van der Waals surface area (Å²) in [7, 11) is 0. The van der Waals surface area contributed by atoms with Gasteiger partial charge in [-0.2, -0.15) is 0 Å². The maximum Gasteiger partial charge on any atom is 0.332 e. The van der Waals surface area contributed by atoms with E-state index in [1.165, 1.54) is 12.5 Å². The Kier molecular flexibility index (Phi) is 3.97. The summed E-state index contributed by atoms with van der Waals surface area (Å²) in [4.78, 5) is 10.6. The van der Waals surface area contributed by atoms with Gasteiger partial charge in [-0.05, 0) is 13.8 Å². The molecule has 0 saturated carbocycles. The van der Waals surface area contributed by atoms with Gasteiger partial charge in [0, 0.05) is 11.6 Å². The van der Waals surface area contributed by atoms with Crippen LogP contribution in [-0.2, 0) is 16.1 Å². The van der Waals surface area contributed by atoms with Crippen LogP contribution in [0.2, 0.25) is 0 Å². The maximum atomic E-state index is 10.6. The van der Waals surface area contributed by atoms with Gasteiger partial charge in [-0.1, -0.05) is 35.0 Å². The fraction of sp³-hybridized carbons (Fsp3) is 0.286. The fourth-order valence-electron chi connectivity index (χ4n) is 1.52. The topological polar surface area (TPSA) is 72.6 Å². The first-order valence-corrected chi connectivity index (χ1v) is 5.93. The zero-order chi connectivity index (χ0) is 13.8. The van der Waals surface area contributed by atoms with Gasteiger partial charge in [0.05, 0.1) is 0 Å². The van der Waals surface area contributed by atoms with Gasteiger partial charge in [-0.3, -0.25) is 0 Å². The molecule has 0 aliphatic carbocycles. The summed E-state index contributed by atoms with van der Waals surface area (Å²) in [5.74, 6) is -0.498. The molecule has 0 fully saturated rings. The minimum absolute atomic E-state index is 0.0896. The maximum absolute atomic E-state index is 10.6. The Bertz CT molecular complexity index is 559. The molecule has 0 spiro atoms. The Morgan fingerprint density at radius 2 is 2.11 bits per heavy atom. The predicted octanol–water partition coefficient (Wildman–Crippen LogP) is 2.64. The third kappa shape index (κ3) is 3.42. The van der Waals surface area contributed by atoms with Crippen LogP contribution in [0, 0.1) is 6.92 Å². The average molecular weight is 261 g/mol. The molecule has 2 rings (SSSR count). The van der Waals surface area contributed by atoms with Crippen molar-refractivity contribution < 1.29 is 19.2 Å². The summed E-state index contributed by atoms with van der Waals surface area (Å²) in [6.07, 6.45) is -0.868. The molecule has 0 aliphatic rings. The third-order valence-corrected chi connectivity index (χ3v) is 2.73. The van der Waals surface area contributed by atoms with Crippen molar-refractivity contribution in [1.29, 1.82) is 0 Å². The van der Waals surface area contributed by atoms with Gasteiger partial charge in [0.1, 0.15) is 12.3 Å². The number of nitrogens with zero attached hydrogens (tertiary/aromatic N) is 1. The predicted molar refractivity (Wildman–Crippen MR) is 68.6 cm³/mol.